The Bertz CT molecular complexity index is 927. The van der Waals surface area contributed by atoms with Crippen molar-refractivity contribution < 1.29 is 19.4 Å². The molecule has 0 spiro atoms. The fraction of sp³-hybridized carbons (Fsp3) is 0.250. The van der Waals surface area contributed by atoms with Crippen molar-refractivity contribution in [3.8, 4) is 22.8 Å². The molecule has 1 heterocycles. The molecule has 2 aromatic carbocycles. The molecule has 5 nitrogen and oxygen atoms in total. The summed E-state index contributed by atoms with van der Waals surface area (Å²) in [6.07, 6.45) is -0.0686. The normalized spacial score (nSPS) is 10.8. The van der Waals surface area contributed by atoms with Crippen LogP contribution in [0.3, 0.4) is 0 Å². The summed E-state index contributed by atoms with van der Waals surface area (Å²) in [5.74, 6) is 0.600. The zero-order chi connectivity index (χ0) is 18.0. The predicted octanol–water partition coefficient (Wildman–Crippen LogP) is 4.18. The number of aliphatic carboxylic acids is 1. The van der Waals surface area contributed by atoms with E-state index in [0.29, 0.717) is 12.4 Å². The molecule has 0 amide bonds. The number of hydrogen-bond donors (Lipinski definition) is 2. The molecule has 0 bridgehead atoms. The third kappa shape index (κ3) is 3.31. The molecule has 0 unspecified atom stereocenters. The monoisotopic (exact) mass is 339 g/mol. The molecule has 0 aliphatic heterocycles. The Labute approximate surface area is 146 Å². The van der Waals surface area contributed by atoms with Crippen molar-refractivity contribution >= 4 is 16.9 Å². The Morgan fingerprint density at radius 3 is 2.68 bits per heavy atom. The van der Waals surface area contributed by atoms with Crippen LogP contribution in [0.15, 0.2) is 36.4 Å². The van der Waals surface area contributed by atoms with E-state index in [1.807, 2.05) is 50.2 Å². The summed E-state index contributed by atoms with van der Waals surface area (Å²) in [6, 6.07) is 11.5. The molecule has 25 heavy (non-hydrogen) atoms. The largest absolute Gasteiger partial charge is 0.497 e. The molecule has 3 rings (SSSR count). The second-order valence-electron chi connectivity index (χ2n) is 5.88. The van der Waals surface area contributed by atoms with Gasteiger partial charge in [-0.3, -0.25) is 4.79 Å². The minimum Gasteiger partial charge on any atom is -0.497 e. The summed E-state index contributed by atoms with van der Waals surface area (Å²) >= 11 is 0. The molecule has 0 radical (unpaired) electrons. The van der Waals surface area contributed by atoms with Gasteiger partial charge in [-0.05, 0) is 49.2 Å². The molecule has 0 saturated heterocycles. The number of aryl methyl sites for hydroxylation is 1. The average molecular weight is 339 g/mol. The van der Waals surface area contributed by atoms with Gasteiger partial charge in [0.1, 0.15) is 11.5 Å². The standard InChI is InChI=1S/C20H21NO4/c1-4-25-14-7-5-6-13(9-14)20-17(11-18(22)23)16-10-15(24-3)8-12(2)19(16)21-20/h5-10,21H,4,11H2,1-3H3,(H,22,23). The van der Waals surface area contributed by atoms with Crippen molar-refractivity contribution in [1.82, 2.24) is 4.98 Å². The third-order valence-corrected chi connectivity index (χ3v) is 4.18. The molecule has 2 N–H and O–H groups in total. The molecule has 5 heteroatoms. The van der Waals surface area contributed by atoms with Gasteiger partial charge in [0, 0.05) is 16.5 Å². The van der Waals surface area contributed by atoms with Gasteiger partial charge >= 0.3 is 5.97 Å². The third-order valence-electron chi connectivity index (χ3n) is 4.18. The maximum Gasteiger partial charge on any atom is 0.307 e. The van der Waals surface area contributed by atoms with Gasteiger partial charge in [0.25, 0.3) is 0 Å². The van der Waals surface area contributed by atoms with Crippen LogP contribution in [-0.2, 0) is 11.2 Å². The summed E-state index contributed by atoms with van der Waals surface area (Å²) in [6.45, 7) is 4.49. The maximum atomic E-state index is 11.4. The number of benzene rings is 2. The molecule has 130 valence electrons. The van der Waals surface area contributed by atoms with E-state index in [-0.39, 0.29) is 6.42 Å². The number of carboxylic acids is 1. The molecule has 1 aromatic heterocycles. The van der Waals surface area contributed by atoms with E-state index in [1.165, 1.54) is 0 Å². The quantitative estimate of drug-likeness (QED) is 0.707. The lowest BCUT2D eigenvalue weighted by Gasteiger charge is -2.07. The Balaban J connectivity index is 2.24. The van der Waals surface area contributed by atoms with E-state index >= 15 is 0 Å². The number of rotatable bonds is 6. The number of methoxy groups -OCH3 is 1. The maximum absolute atomic E-state index is 11.4. The number of nitrogens with one attached hydrogen (secondary N) is 1. The first kappa shape index (κ1) is 16.9. The first-order chi connectivity index (χ1) is 12.0. The minimum absolute atomic E-state index is 0.0686. The van der Waals surface area contributed by atoms with Gasteiger partial charge in [0.15, 0.2) is 0 Å². The van der Waals surface area contributed by atoms with Gasteiger partial charge in [-0.25, -0.2) is 0 Å². The van der Waals surface area contributed by atoms with Crippen LogP contribution in [0.25, 0.3) is 22.2 Å². The number of ether oxygens (including phenoxy) is 2. The van der Waals surface area contributed by atoms with Crippen LogP contribution in [0.4, 0.5) is 0 Å². The number of H-pyrrole nitrogens is 1. The van der Waals surface area contributed by atoms with Crippen LogP contribution >= 0.6 is 0 Å². The lowest BCUT2D eigenvalue weighted by molar-refractivity contribution is -0.136. The first-order valence-corrected chi connectivity index (χ1v) is 8.17. The second kappa shape index (κ2) is 6.89. The molecule has 0 saturated carbocycles. The van der Waals surface area contributed by atoms with Crippen molar-refractivity contribution in [2.45, 2.75) is 20.3 Å². The van der Waals surface area contributed by atoms with Gasteiger partial charge in [-0.1, -0.05) is 12.1 Å². The van der Waals surface area contributed by atoms with Crippen molar-refractivity contribution in [3.63, 3.8) is 0 Å². The van der Waals surface area contributed by atoms with Crippen LogP contribution in [0, 0.1) is 6.92 Å². The highest BCUT2D eigenvalue weighted by atomic mass is 16.5. The molecular formula is C20H21NO4. The lowest BCUT2D eigenvalue weighted by Crippen LogP contribution is -2.01. The average Bonchev–Trinajstić information content (AvgIpc) is 2.94. The van der Waals surface area contributed by atoms with Crippen molar-refractivity contribution in [1.29, 1.82) is 0 Å². The molecule has 0 atom stereocenters. The molecule has 3 aromatic rings. The summed E-state index contributed by atoms with van der Waals surface area (Å²) in [5.41, 5.74) is 4.38. The van der Waals surface area contributed by atoms with Crippen LogP contribution < -0.4 is 9.47 Å². The predicted molar refractivity (Wildman–Crippen MR) is 97.5 cm³/mol. The topological polar surface area (TPSA) is 71.5 Å². The van der Waals surface area contributed by atoms with E-state index < -0.39 is 5.97 Å². The SMILES string of the molecule is CCOc1cccc(-c2[nH]c3c(C)cc(OC)cc3c2CC(=O)O)c1. The van der Waals surface area contributed by atoms with Gasteiger partial charge in [-0.15, -0.1) is 0 Å². The van der Waals surface area contributed by atoms with Gasteiger partial charge < -0.3 is 19.6 Å². The molecule has 0 fully saturated rings. The number of hydrogen-bond acceptors (Lipinski definition) is 3. The fourth-order valence-corrected chi connectivity index (χ4v) is 3.10. The number of aromatic amines is 1. The summed E-state index contributed by atoms with van der Waals surface area (Å²) in [7, 11) is 1.61. The molecular weight excluding hydrogens is 318 g/mol. The Morgan fingerprint density at radius 1 is 1.20 bits per heavy atom. The first-order valence-electron chi connectivity index (χ1n) is 8.17. The van der Waals surface area contributed by atoms with Crippen LogP contribution in [0.2, 0.25) is 0 Å². The van der Waals surface area contributed by atoms with E-state index in [4.69, 9.17) is 9.47 Å². The smallest absolute Gasteiger partial charge is 0.307 e. The van der Waals surface area contributed by atoms with Crippen molar-refractivity contribution in [3.05, 3.63) is 47.5 Å². The van der Waals surface area contributed by atoms with Crippen molar-refractivity contribution in [2.24, 2.45) is 0 Å². The molecule has 0 aliphatic carbocycles. The number of aromatic nitrogens is 1. The summed E-state index contributed by atoms with van der Waals surface area (Å²) in [4.78, 5) is 14.8. The van der Waals surface area contributed by atoms with Gasteiger partial charge in [-0.2, -0.15) is 0 Å². The summed E-state index contributed by atoms with van der Waals surface area (Å²) in [5, 5.41) is 10.3. The Kier molecular flexibility index (Phi) is 4.65. The van der Waals surface area contributed by atoms with Gasteiger partial charge in [0.2, 0.25) is 0 Å². The zero-order valence-corrected chi connectivity index (χ0v) is 14.6. The highest BCUT2D eigenvalue weighted by molar-refractivity contribution is 5.96. The minimum atomic E-state index is -0.872. The van der Waals surface area contributed by atoms with E-state index in [9.17, 15) is 9.90 Å². The number of carboxylic acid groups (broad SMARTS) is 1. The number of carbonyl (C=O) groups is 1. The Hall–Kier alpha value is -2.95. The zero-order valence-electron chi connectivity index (χ0n) is 14.6. The van der Waals surface area contributed by atoms with E-state index in [2.05, 4.69) is 4.98 Å². The number of fused-ring (bicyclic) bond motifs is 1. The highest BCUT2D eigenvalue weighted by Crippen LogP contribution is 2.35. The van der Waals surface area contributed by atoms with Crippen LogP contribution in [0.1, 0.15) is 18.1 Å². The van der Waals surface area contributed by atoms with E-state index in [0.717, 1.165) is 39.0 Å². The molecule has 0 aliphatic rings. The lowest BCUT2D eigenvalue weighted by atomic mass is 10.0. The fourth-order valence-electron chi connectivity index (χ4n) is 3.10. The van der Waals surface area contributed by atoms with Crippen LogP contribution in [-0.4, -0.2) is 29.8 Å². The van der Waals surface area contributed by atoms with Crippen LogP contribution in [0.5, 0.6) is 11.5 Å². The van der Waals surface area contributed by atoms with Gasteiger partial charge in [0.05, 0.1) is 25.8 Å². The highest BCUT2D eigenvalue weighted by Gasteiger charge is 2.18. The summed E-state index contributed by atoms with van der Waals surface area (Å²) < 4.78 is 10.9. The Morgan fingerprint density at radius 2 is 2.00 bits per heavy atom. The second-order valence-corrected chi connectivity index (χ2v) is 5.88. The van der Waals surface area contributed by atoms with E-state index in [1.54, 1.807) is 7.11 Å². The van der Waals surface area contributed by atoms with Crippen molar-refractivity contribution in [2.75, 3.05) is 13.7 Å².